The Kier molecular flexibility index (Phi) is 10.7. The van der Waals surface area contributed by atoms with Crippen molar-refractivity contribution < 1.29 is 0 Å². The Bertz CT molecular complexity index is 323. The van der Waals surface area contributed by atoms with Crippen LogP contribution in [-0.2, 0) is 0 Å². The molecule has 0 aliphatic rings. The van der Waals surface area contributed by atoms with Crippen LogP contribution in [0.3, 0.4) is 0 Å². The summed E-state index contributed by atoms with van der Waals surface area (Å²) in [7, 11) is 0. The molecule has 0 heterocycles. The molecule has 0 bridgehead atoms. The summed E-state index contributed by atoms with van der Waals surface area (Å²) in [6.45, 7) is 1.96. The zero-order valence-electron chi connectivity index (χ0n) is 8.54. The fraction of sp³-hybridized carbons (Fsp3) is 0.857. The summed E-state index contributed by atoms with van der Waals surface area (Å²) >= 11 is 43.5. The minimum Gasteiger partial charge on any atom is -0.0704 e. The van der Waals surface area contributed by atoms with Crippen LogP contribution in [0.1, 0.15) is 6.92 Å². The molecule has 0 aromatic rings. The van der Waals surface area contributed by atoms with Gasteiger partial charge >= 0.3 is 0 Å². The second-order valence-electron chi connectivity index (χ2n) is 3.45. The topological polar surface area (TPSA) is 0 Å². The van der Waals surface area contributed by atoms with Gasteiger partial charge in [-0.15, -0.1) is 0 Å². The lowest BCUT2D eigenvalue weighted by Crippen LogP contribution is -2.60. The Labute approximate surface area is 213 Å². The van der Waals surface area contributed by atoms with Crippen molar-refractivity contribution in [2.45, 2.75) is 23.1 Å². The lowest BCUT2D eigenvalue weighted by Gasteiger charge is -2.52. The minimum atomic E-state index is -0.738. The van der Waals surface area contributed by atoms with E-state index < -0.39 is 16.2 Å². The quantitative estimate of drug-likeness (QED) is 0.241. The molecule has 0 N–H and O–H groups in total. The van der Waals surface area contributed by atoms with Gasteiger partial charge < -0.3 is 0 Å². The van der Waals surface area contributed by atoms with Crippen molar-refractivity contribution in [3.05, 3.63) is 3.74 Å². The fourth-order valence-corrected chi connectivity index (χ4v) is 9.80. The van der Waals surface area contributed by atoms with Gasteiger partial charge in [-0.2, -0.15) is 0 Å². The summed E-state index contributed by atoms with van der Waals surface area (Å²) < 4.78 is -2.54. The van der Waals surface area contributed by atoms with Crippen LogP contribution in [0.5, 0.6) is 0 Å². The molecule has 1 radical (unpaired) electrons. The molecule has 0 amide bonds. The van der Waals surface area contributed by atoms with E-state index in [9.17, 15) is 0 Å². The first-order valence-corrected chi connectivity index (χ1v) is 13.5. The Morgan fingerprint density at radius 2 is 0.895 bits per heavy atom. The van der Waals surface area contributed by atoms with Crippen LogP contribution in [0.15, 0.2) is 0 Å². The predicted molar refractivity (Wildman–Crippen MR) is 130 cm³/mol. The van der Waals surface area contributed by atoms with Crippen molar-refractivity contribution in [1.82, 2.24) is 0 Å². The highest BCUT2D eigenvalue weighted by atomic mass is 79.9. The van der Waals surface area contributed by atoms with E-state index in [0.29, 0.717) is 0 Å². The zero-order valence-corrected chi connectivity index (χ0v) is 27.6. The second kappa shape index (κ2) is 8.19. The molecule has 19 heavy (non-hydrogen) atoms. The van der Waals surface area contributed by atoms with Gasteiger partial charge in [-0.05, 0) is 6.92 Å². The molecular formula is C7H3Br12. The molecule has 0 spiro atoms. The first-order valence-electron chi connectivity index (χ1n) is 4.02. The Balaban J connectivity index is 5.92. The zero-order chi connectivity index (χ0) is 16.1. The van der Waals surface area contributed by atoms with Gasteiger partial charge in [-0.25, -0.2) is 0 Å². The largest absolute Gasteiger partial charge is 0.135 e. The standard InChI is InChI=1S/C7H3Br12/c1-3(10,11)5(14,15)7(18,19)6(16,17)4(12,13)2(8)9/h1H3. The van der Waals surface area contributed by atoms with Crippen molar-refractivity contribution in [3.63, 3.8) is 0 Å². The van der Waals surface area contributed by atoms with E-state index in [0.717, 1.165) is 3.74 Å². The fourth-order valence-electron chi connectivity index (χ4n) is 0.789. The number of rotatable bonds is 5. The summed E-state index contributed by atoms with van der Waals surface area (Å²) in [4.78, 5) is 0. The summed E-state index contributed by atoms with van der Waals surface area (Å²) in [6.07, 6.45) is 0. The van der Waals surface area contributed by atoms with Crippen LogP contribution in [0.25, 0.3) is 0 Å². The van der Waals surface area contributed by atoms with Gasteiger partial charge in [0.05, 0.1) is 0 Å². The van der Waals surface area contributed by atoms with Crippen molar-refractivity contribution >= 4 is 191 Å². The molecule has 0 rings (SSSR count). The van der Waals surface area contributed by atoms with Gasteiger partial charge in [0.1, 0.15) is 19.9 Å². The Morgan fingerprint density at radius 3 is 1.11 bits per heavy atom. The number of alkyl halides is 10. The molecule has 0 aromatic carbocycles. The van der Waals surface area contributed by atoms with Crippen LogP contribution < -0.4 is 0 Å². The van der Waals surface area contributed by atoms with E-state index in [1.54, 1.807) is 0 Å². The molecular weight excluding hydrogens is 1040 g/mol. The number of halogens is 12. The molecule has 0 saturated carbocycles. The molecule has 0 aliphatic carbocycles. The normalized spacial score (nSPS) is 16.1. The van der Waals surface area contributed by atoms with Crippen LogP contribution in [0, 0.1) is 3.74 Å². The molecule has 0 unspecified atom stereocenters. The summed E-state index contributed by atoms with van der Waals surface area (Å²) in [5.41, 5.74) is 0. The molecule has 0 aliphatic heterocycles. The predicted octanol–water partition coefficient (Wildman–Crippen LogP) is 9.72. The number of hydrogen-bond acceptors (Lipinski definition) is 0. The summed E-state index contributed by atoms with van der Waals surface area (Å²) in [5.74, 6) is 0. The van der Waals surface area contributed by atoms with Crippen LogP contribution in [0.4, 0.5) is 0 Å². The lowest BCUT2D eigenvalue weighted by atomic mass is 10.1. The molecule has 12 heteroatoms. The van der Waals surface area contributed by atoms with Crippen molar-refractivity contribution in [1.29, 1.82) is 0 Å². The molecule has 0 saturated heterocycles. The molecule has 0 nitrogen and oxygen atoms in total. The summed E-state index contributed by atoms with van der Waals surface area (Å²) in [5, 5.41) is 0. The van der Waals surface area contributed by atoms with Gasteiger partial charge in [-0.1, -0.05) is 191 Å². The van der Waals surface area contributed by atoms with E-state index in [1.807, 2.05) is 6.92 Å². The second-order valence-corrected chi connectivity index (χ2v) is 24.1. The van der Waals surface area contributed by atoms with Crippen LogP contribution in [-0.4, -0.2) is 16.2 Å². The highest BCUT2D eigenvalue weighted by molar-refractivity contribution is 9.36. The maximum absolute atomic E-state index is 3.72. The summed E-state index contributed by atoms with van der Waals surface area (Å²) in [6, 6.07) is 0. The lowest BCUT2D eigenvalue weighted by molar-refractivity contribution is 0.657. The number of hydrogen-bond donors (Lipinski definition) is 0. The first kappa shape index (κ1) is 24.8. The smallest absolute Gasteiger partial charge is 0.0704 e. The van der Waals surface area contributed by atoms with Gasteiger partial charge in [0.2, 0.25) is 0 Å². The first-order chi connectivity index (χ1) is 7.94. The third kappa shape index (κ3) is 4.93. The van der Waals surface area contributed by atoms with E-state index in [-0.39, 0.29) is 0 Å². The van der Waals surface area contributed by atoms with Gasteiger partial charge in [0, 0.05) is 0 Å². The Morgan fingerprint density at radius 1 is 0.579 bits per heavy atom. The highest BCUT2D eigenvalue weighted by Crippen LogP contribution is 2.73. The third-order valence-electron chi connectivity index (χ3n) is 1.97. The van der Waals surface area contributed by atoms with E-state index in [2.05, 4.69) is 191 Å². The molecule has 0 aromatic heterocycles. The van der Waals surface area contributed by atoms with Crippen LogP contribution in [0.2, 0.25) is 0 Å². The van der Waals surface area contributed by atoms with Gasteiger partial charge in [0.25, 0.3) is 0 Å². The van der Waals surface area contributed by atoms with E-state index in [4.69, 9.17) is 0 Å². The van der Waals surface area contributed by atoms with Crippen molar-refractivity contribution in [2.75, 3.05) is 0 Å². The molecule has 115 valence electrons. The SMILES string of the molecule is CC(Br)(Br)C(Br)(Br)C(Br)(Br)C(Br)(Br)C(Br)(Br)[C](Br)Br. The van der Waals surface area contributed by atoms with Gasteiger partial charge in [-0.3, -0.25) is 0 Å². The van der Waals surface area contributed by atoms with E-state index in [1.165, 1.54) is 0 Å². The minimum absolute atomic E-state index is 0.484. The Hall–Kier alpha value is 5.76. The van der Waals surface area contributed by atoms with E-state index >= 15 is 0 Å². The van der Waals surface area contributed by atoms with Crippen molar-refractivity contribution in [2.24, 2.45) is 0 Å². The average Bonchev–Trinajstić information content (AvgIpc) is 2.14. The molecule has 0 fully saturated rings. The molecule has 0 atom stereocenters. The monoisotopic (exact) mass is 1030 g/mol. The average molecular weight is 1050 g/mol. The third-order valence-corrected chi connectivity index (χ3v) is 24.5. The van der Waals surface area contributed by atoms with Gasteiger partial charge in [0.15, 0.2) is 0 Å². The highest BCUT2D eigenvalue weighted by Gasteiger charge is 2.70. The maximum atomic E-state index is 3.72. The van der Waals surface area contributed by atoms with Crippen molar-refractivity contribution in [3.8, 4) is 0 Å². The maximum Gasteiger partial charge on any atom is 0.135 e. The van der Waals surface area contributed by atoms with Crippen LogP contribution >= 0.6 is 191 Å².